The number of ether oxygens (including phenoxy) is 1. The molecule has 0 aromatic heterocycles. The average molecular weight is 340 g/mol. The fourth-order valence-corrected chi connectivity index (χ4v) is 3.17. The van der Waals surface area contributed by atoms with Gasteiger partial charge in [-0.1, -0.05) is 22.8 Å². The van der Waals surface area contributed by atoms with E-state index in [0.717, 1.165) is 12.8 Å². The van der Waals surface area contributed by atoms with Crippen LogP contribution in [0, 0.1) is 11.7 Å². The molecule has 0 spiro atoms. The Bertz CT molecular complexity index is 626. The molecule has 7 heteroatoms. The van der Waals surface area contributed by atoms with Gasteiger partial charge in [-0.15, -0.1) is 0 Å². The molecule has 0 radical (unpaired) electrons. The molecule has 0 unspecified atom stereocenters. The molecule has 0 saturated carbocycles. The highest BCUT2D eigenvalue weighted by Gasteiger charge is 2.34. The third kappa shape index (κ3) is 4.16. The summed E-state index contributed by atoms with van der Waals surface area (Å²) >= 11 is 5.76. The largest absolute Gasteiger partial charge is 0.512 e. The van der Waals surface area contributed by atoms with Crippen LogP contribution in [0.4, 0.5) is 4.39 Å². The van der Waals surface area contributed by atoms with Crippen molar-refractivity contribution >= 4 is 11.6 Å². The SMILES string of the molecule is CC=C(O)[C@@H](N=[N+]=[N-])[C@@H](c1ccc(Cl)c(F)c1)C1CCOCC1. The molecule has 0 bridgehead atoms. The predicted octanol–water partition coefficient (Wildman–Crippen LogP) is 5.13. The molecule has 2 rings (SSSR count). The number of benzene rings is 1. The third-order valence-electron chi connectivity index (χ3n) is 4.22. The molecule has 1 N–H and O–H groups in total. The van der Waals surface area contributed by atoms with E-state index in [1.165, 1.54) is 18.2 Å². The number of aliphatic hydroxyl groups is 1. The van der Waals surface area contributed by atoms with Gasteiger partial charge >= 0.3 is 0 Å². The Morgan fingerprint density at radius 2 is 2.22 bits per heavy atom. The van der Waals surface area contributed by atoms with Gasteiger partial charge in [0.15, 0.2) is 0 Å². The second kappa shape index (κ2) is 8.20. The van der Waals surface area contributed by atoms with Gasteiger partial charge in [0.05, 0.1) is 10.8 Å². The summed E-state index contributed by atoms with van der Waals surface area (Å²) in [5, 5.41) is 14.0. The normalized spacial score (nSPS) is 19.0. The van der Waals surface area contributed by atoms with Crippen molar-refractivity contribution in [3.8, 4) is 0 Å². The lowest BCUT2D eigenvalue weighted by Crippen LogP contribution is -2.30. The van der Waals surface area contributed by atoms with E-state index in [2.05, 4.69) is 10.0 Å². The third-order valence-corrected chi connectivity index (χ3v) is 4.52. The first-order valence-corrected chi connectivity index (χ1v) is 7.88. The van der Waals surface area contributed by atoms with Crippen LogP contribution in [-0.4, -0.2) is 24.4 Å². The van der Waals surface area contributed by atoms with E-state index in [0.29, 0.717) is 18.8 Å². The van der Waals surface area contributed by atoms with Gasteiger partial charge in [-0.3, -0.25) is 0 Å². The number of nitrogens with zero attached hydrogens (tertiary/aromatic N) is 3. The lowest BCUT2D eigenvalue weighted by Gasteiger charge is -2.34. The van der Waals surface area contributed by atoms with E-state index in [4.69, 9.17) is 21.9 Å². The lowest BCUT2D eigenvalue weighted by atomic mass is 9.76. The minimum atomic E-state index is -0.784. The van der Waals surface area contributed by atoms with Crippen molar-refractivity contribution in [1.82, 2.24) is 0 Å². The molecule has 1 aromatic rings. The number of hydrogen-bond acceptors (Lipinski definition) is 3. The molecule has 5 nitrogen and oxygen atoms in total. The maximum atomic E-state index is 13.9. The summed E-state index contributed by atoms with van der Waals surface area (Å²) < 4.78 is 19.3. The smallest absolute Gasteiger partial charge is 0.142 e. The Kier molecular flexibility index (Phi) is 6.28. The number of aliphatic hydroxyl groups excluding tert-OH is 1. The molecule has 2 atom stereocenters. The van der Waals surface area contributed by atoms with Crippen molar-refractivity contribution in [3.05, 3.63) is 56.9 Å². The molecule has 1 fully saturated rings. The minimum Gasteiger partial charge on any atom is -0.512 e. The van der Waals surface area contributed by atoms with E-state index in [9.17, 15) is 9.50 Å². The first kappa shape index (κ1) is 17.6. The molecule has 23 heavy (non-hydrogen) atoms. The van der Waals surface area contributed by atoms with Crippen LogP contribution >= 0.6 is 11.6 Å². The number of azide groups is 1. The number of halogens is 2. The van der Waals surface area contributed by atoms with Crippen molar-refractivity contribution in [2.75, 3.05) is 13.2 Å². The van der Waals surface area contributed by atoms with E-state index >= 15 is 0 Å². The second-order valence-electron chi connectivity index (χ2n) is 5.51. The van der Waals surface area contributed by atoms with Crippen molar-refractivity contribution in [2.24, 2.45) is 11.0 Å². The van der Waals surface area contributed by atoms with Crippen LogP contribution in [0.2, 0.25) is 5.02 Å². The number of rotatable bonds is 5. The van der Waals surface area contributed by atoms with Crippen LogP contribution in [0.15, 0.2) is 35.1 Å². The molecule has 1 heterocycles. The summed E-state index contributed by atoms with van der Waals surface area (Å²) in [6.07, 6.45) is 3.00. The lowest BCUT2D eigenvalue weighted by molar-refractivity contribution is 0.0543. The van der Waals surface area contributed by atoms with Crippen molar-refractivity contribution in [1.29, 1.82) is 0 Å². The van der Waals surface area contributed by atoms with E-state index in [1.807, 2.05) is 0 Å². The fraction of sp³-hybridized carbons (Fsp3) is 0.500. The Morgan fingerprint density at radius 3 is 2.78 bits per heavy atom. The average Bonchev–Trinajstić information content (AvgIpc) is 2.58. The highest BCUT2D eigenvalue weighted by atomic mass is 35.5. The van der Waals surface area contributed by atoms with Crippen LogP contribution in [-0.2, 0) is 4.74 Å². The van der Waals surface area contributed by atoms with Gasteiger partial charge in [0.2, 0.25) is 0 Å². The Hall–Kier alpha value is -1.75. The van der Waals surface area contributed by atoms with E-state index in [-0.39, 0.29) is 22.6 Å². The molecular formula is C16H19ClFN3O2. The van der Waals surface area contributed by atoms with Crippen LogP contribution in [0.25, 0.3) is 10.4 Å². The summed E-state index contributed by atoms with van der Waals surface area (Å²) in [6.45, 7) is 2.85. The zero-order chi connectivity index (χ0) is 16.8. The van der Waals surface area contributed by atoms with Crippen LogP contribution in [0.3, 0.4) is 0 Å². The number of hydrogen-bond donors (Lipinski definition) is 1. The zero-order valence-electron chi connectivity index (χ0n) is 12.8. The summed E-state index contributed by atoms with van der Waals surface area (Å²) in [5.41, 5.74) is 9.53. The molecule has 124 valence electrons. The molecular weight excluding hydrogens is 321 g/mol. The Labute approximate surface area is 139 Å². The van der Waals surface area contributed by atoms with Crippen molar-refractivity contribution in [2.45, 2.75) is 31.7 Å². The quantitative estimate of drug-likeness (QED) is 0.349. The summed E-state index contributed by atoms with van der Waals surface area (Å²) in [5.74, 6) is -0.768. The van der Waals surface area contributed by atoms with Gasteiger partial charge in [-0.05, 0) is 55.0 Å². The first-order valence-electron chi connectivity index (χ1n) is 7.50. The Balaban J connectivity index is 2.48. The highest BCUT2D eigenvalue weighted by molar-refractivity contribution is 6.30. The molecule has 1 aromatic carbocycles. The summed E-state index contributed by atoms with van der Waals surface area (Å²) in [7, 11) is 0. The van der Waals surface area contributed by atoms with Gasteiger partial charge in [0, 0.05) is 24.0 Å². The predicted molar refractivity (Wildman–Crippen MR) is 87.0 cm³/mol. The fourth-order valence-electron chi connectivity index (χ4n) is 3.05. The molecule has 1 saturated heterocycles. The van der Waals surface area contributed by atoms with Crippen LogP contribution in [0.5, 0.6) is 0 Å². The molecule has 1 aliphatic heterocycles. The highest BCUT2D eigenvalue weighted by Crippen LogP contribution is 2.39. The molecule has 0 aliphatic carbocycles. The van der Waals surface area contributed by atoms with Crippen LogP contribution < -0.4 is 0 Å². The second-order valence-corrected chi connectivity index (χ2v) is 5.92. The maximum absolute atomic E-state index is 13.9. The molecule has 0 amide bonds. The standard InChI is InChI=1S/C16H19ClFN3O2/c1-2-14(22)16(20-21-19)15(10-5-7-23-8-6-10)11-3-4-12(17)13(18)9-11/h2-4,9-10,15-16,22H,5-8H2,1H3/t15-,16-/m1/s1. The first-order chi connectivity index (χ1) is 11.1. The monoisotopic (exact) mass is 339 g/mol. The summed E-state index contributed by atoms with van der Waals surface area (Å²) in [4.78, 5) is 2.86. The minimum absolute atomic E-state index is 0.0188. The van der Waals surface area contributed by atoms with Gasteiger partial charge in [0.25, 0.3) is 0 Å². The van der Waals surface area contributed by atoms with Gasteiger partial charge < -0.3 is 9.84 Å². The zero-order valence-corrected chi connectivity index (χ0v) is 13.6. The van der Waals surface area contributed by atoms with Gasteiger partial charge in [0.1, 0.15) is 11.9 Å². The maximum Gasteiger partial charge on any atom is 0.142 e. The van der Waals surface area contributed by atoms with Gasteiger partial charge in [-0.25, -0.2) is 4.39 Å². The summed E-state index contributed by atoms with van der Waals surface area (Å²) in [6, 6.07) is 3.77. The topological polar surface area (TPSA) is 78.2 Å². The number of allylic oxidation sites excluding steroid dienone is 1. The van der Waals surface area contributed by atoms with Crippen molar-refractivity contribution < 1.29 is 14.2 Å². The van der Waals surface area contributed by atoms with Crippen LogP contribution in [0.1, 0.15) is 31.2 Å². The van der Waals surface area contributed by atoms with E-state index in [1.54, 1.807) is 13.0 Å². The Morgan fingerprint density at radius 1 is 1.52 bits per heavy atom. The van der Waals surface area contributed by atoms with Gasteiger partial charge in [-0.2, -0.15) is 0 Å². The van der Waals surface area contributed by atoms with E-state index < -0.39 is 11.9 Å². The molecule has 1 aliphatic rings. The van der Waals surface area contributed by atoms with Crippen molar-refractivity contribution in [3.63, 3.8) is 0 Å².